The molecule has 234 valence electrons. The first-order valence-corrected chi connectivity index (χ1v) is 16.3. The lowest BCUT2D eigenvalue weighted by molar-refractivity contribution is -0.121. The van der Waals surface area contributed by atoms with E-state index in [1.165, 1.54) is 28.6 Å². The number of fused-ring (bicyclic) bond motifs is 2. The van der Waals surface area contributed by atoms with Crippen molar-refractivity contribution >= 4 is 45.6 Å². The van der Waals surface area contributed by atoms with Gasteiger partial charge < -0.3 is 14.4 Å². The van der Waals surface area contributed by atoms with Crippen LogP contribution in [-0.4, -0.2) is 74.5 Å². The number of nitrogens with zero attached hydrogens (tertiary/aromatic N) is 6. The predicted octanol–water partition coefficient (Wildman–Crippen LogP) is 5.56. The molecule has 1 saturated heterocycles. The van der Waals surface area contributed by atoms with Crippen LogP contribution in [0.5, 0.6) is 0 Å². The van der Waals surface area contributed by atoms with Crippen LogP contribution in [0.2, 0.25) is 5.02 Å². The Kier molecular flexibility index (Phi) is 7.83. The van der Waals surface area contributed by atoms with Crippen LogP contribution >= 0.6 is 22.9 Å². The lowest BCUT2D eigenvalue weighted by atomic mass is 9.99. The highest BCUT2D eigenvalue weighted by molar-refractivity contribution is 7.13. The number of carbonyl (C=O) groups is 2. The van der Waals surface area contributed by atoms with E-state index in [1.807, 2.05) is 12.1 Å². The number of anilines is 2. The average molecular weight is 652 g/mol. The lowest BCUT2D eigenvalue weighted by Gasteiger charge is -2.40. The Morgan fingerprint density at radius 3 is 2.76 bits per heavy atom. The summed E-state index contributed by atoms with van der Waals surface area (Å²) in [6.45, 7) is 8.02. The highest BCUT2D eigenvalue weighted by atomic mass is 35.5. The van der Waals surface area contributed by atoms with Gasteiger partial charge >= 0.3 is 0 Å². The zero-order valence-corrected chi connectivity index (χ0v) is 26.4. The molecule has 1 unspecified atom stereocenters. The number of hydrogen-bond donors (Lipinski definition) is 1. The van der Waals surface area contributed by atoms with Crippen molar-refractivity contribution in [2.45, 2.75) is 51.6 Å². The van der Waals surface area contributed by atoms with Gasteiger partial charge in [-0.05, 0) is 48.9 Å². The van der Waals surface area contributed by atoms with Gasteiger partial charge in [0.1, 0.15) is 12.0 Å². The van der Waals surface area contributed by atoms with Gasteiger partial charge in [0.05, 0.1) is 35.8 Å². The number of amides is 2. The van der Waals surface area contributed by atoms with E-state index in [9.17, 15) is 14.0 Å². The second-order valence-electron chi connectivity index (χ2n) is 11.8. The third-order valence-corrected chi connectivity index (χ3v) is 10.1. The van der Waals surface area contributed by atoms with E-state index in [1.54, 1.807) is 28.3 Å². The molecule has 2 aromatic carbocycles. The molecule has 4 aromatic rings. The quantitative estimate of drug-likeness (QED) is 0.282. The molecule has 2 aromatic heterocycles. The van der Waals surface area contributed by atoms with Gasteiger partial charge in [-0.15, -0.1) is 11.3 Å². The topological polar surface area (TPSA) is 86.6 Å². The summed E-state index contributed by atoms with van der Waals surface area (Å²) in [5, 5.41) is 5.37. The SMILES string of the molecule is CCN1CCN(c2ccc(-c3cc(F)c4c(c3)C(=O)N(C(C(=O)Nc3nccs3)c3ncn5c3C[C@@H](F)C5)C4)cc2Cl)C[C@H]1C. The van der Waals surface area contributed by atoms with E-state index in [-0.39, 0.29) is 36.3 Å². The lowest BCUT2D eigenvalue weighted by Crippen LogP contribution is -2.51. The Hall–Kier alpha value is -3.87. The van der Waals surface area contributed by atoms with Gasteiger partial charge in [0.2, 0.25) is 0 Å². The number of likely N-dealkylation sites (N-methyl/N-ethyl adjacent to an activating group) is 1. The molecular weight excluding hydrogens is 620 g/mol. The Morgan fingerprint density at radius 1 is 1.18 bits per heavy atom. The second-order valence-corrected chi connectivity index (χ2v) is 13.1. The number of aromatic nitrogens is 3. The van der Waals surface area contributed by atoms with Crippen LogP contribution in [0.3, 0.4) is 0 Å². The number of hydrogen-bond acceptors (Lipinski definition) is 7. The Bertz CT molecular complexity index is 1780. The number of piperazine rings is 1. The molecule has 0 saturated carbocycles. The van der Waals surface area contributed by atoms with E-state index in [2.05, 4.69) is 38.9 Å². The van der Waals surface area contributed by atoms with Crippen LogP contribution in [0.25, 0.3) is 11.1 Å². The van der Waals surface area contributed by atoms with Gasteiger partial charge in [0.25, 0.3) is 11.8 Å². The zero-order chi connectivity index (χ0) is 31.4. The van der Waals surface area contributed by atoms with Gasteiger partial charge in [0, 0.05) is 60.5 Å². The number of alkyl halides is 1. The predicted molar refractivity (Wildman–Crippen MR) is 170 cm³/mol. The molecule has 9 nitrogen and oxygen atoms in total. The third-order valence-electron chi connectivity index (χ3n) is 9.08. The van der Waals surface area contributed by atoms with Crippen LogP contribution in [0.4, 0.5) is 19.6 Å². The molecule has 3 atom stereocenters. The molecular formula is C32H32ClF2N7O2S. The summed E-state index contributed by atoms with van der Waals surface area (Å²) < 4.78 is 31.7. The van der Waals surface area contributed by atoms with Crippen molar-refractivity contribution in [2.75, 3.05) is 36.4 Å². The molecule has 5 heterocycles. The highest BCUT2D eigenvalue weighted by Gasteiger charge is 2.43. The monoisotopic (exact) mass is 651 g/mol. The van der Waals surface area contributed by atoms with Crippen LogP contribution in [0.15, 0.2) is 48.2 Å². The van der Waals surface area contributed by atoms with Crippen LogP contribution in [0.1, 0.15) is 47.2 Å². The number of thiazole rings is 1. The molecule has 0 radical (unpaired) electrons. The third kappa shape index (κ3) is 5.38. The van der Waals surface area contributed by atoms with Gasteiger partial charge in [-0.1, -0.05) is 24.6 Å². The molecule has 0 spiro atoms. The summed E-state index contributed by atoms with van der Waals surface area (Å²) in [7, 11) is 0. The summed E-state index contributed by atoms with van der Waals surface area (Å²) in [4.78, 5) is 42.2. The number of benzene rings is 2. The molecule has 13 heteroatoms. The van der Waals surface area contributed by atoms with Gasteiger partial charge in [-0.2, -0.15) is 0 Å². The summed E-state index contributed by atoms with van der Waals surface area (Å²) in [6, 6.07) is 7.88. The van der Waals surface area contributed by atoms with Crippen LogP contribution in [-0.2, 0) is 24.3 Å². The van der Waals surface area contributed by atoms with Crippen molar-refractivity contribution in [3.8, 4) is 11.1 Å². The summed E-state index contributed by atoms with van der Waals surface area (Å²) in [6.07, 6.45) is 2.00. The minimum absolute atomic E-state index is 0.0772. The molecule has 1 fully saturated rings. The normalized spacial score (nSPS) is 20.4. The van der Waals surface area contributed by atoms with E-state index in [4.69, 9.17) is 11.6 Å². The fourth-order valence-corrected chi connectivity index (χ4v) is 7.61. The van der Waals surface area contributed by atoms with E-state index >= 15 is 4.39 Å². The zero-order valence-electron chi connectivity index (χ0n) is 24.8. The number of halogens is 3. The summed E-state index contributed by atoms with van der Waals surface area (Å²) in [5.41, 5.74) is 3.29. The first-order valence-electron chi connectivity index (χ1n) is 15.0. The summed E-state index contributed by atoms with van der Waals surface area (Å²) in [5.74, 6) is -1.61. The van der Waals surface area contributed by atoms with Gasteiger partial charge in [-0.25, -0.2) is 18.7 Å². The summed E-state index contributed by atoms with van der Waals surface area (Å²) >= 11 is 8.01. The fraction of sp³-hybridized carbons (Fsp3) is 0.375. The number of rotatable bonds is 7. The maximum atomic E-state index is 15.7. The minimum atomic E-state index is -1.21. The van der Waals surface area contributed by atoms with Crippen molar-refractivity contribution in [2.24, 2.45) is 0 Å². The Morgan fingerprint density at radius 2 is 2.02 bits per heavy atom. The van der Waals surface area contributed by atoms with Crippen molar-refractivity contribution in [1.29, 1.82) is 0 Å². The molecule has 3 aliphatic rings. The van der Waals surface area contributed by atoms with E-state index in [0.29, 0.717) is 33.0 Å². The number of nitrogens with one attached hydrogen (secondary N) is 1. The van der Waals surface area contributed by atoms with Crippen LogP contribution in [0, 0.1) is 5.82 Å². The Labute approximate surface area is 268 Å². The molecule has 2 amide bonds. The fourth-order valence-electron chi connectivity index (χ4n) is 6.78. The van der Waals surface area contributed by atoms with Gasteiger partial charge in [-0.3, -0.25) is 19.8 Å². The smallest absolute Gasteiger partial charge is 0.255 e. The second kappa shape index (κ2) is 11.8. The van der Waals surface area contributed by atoms with Crippen molar-refractivity contribution in [3.05, 3.63) is 81.6 Å². The first kappa shape index (κ1) is 29.8. The molecule has 3 aliphatic heterocycles. The van der Waals surface area contributed by atoms with E-state index in [0.717, 1.165) is 31.9 Å². The molecule has 0 aliphatic carbocycles. The molecule has 1 N–H and O–H groups in total. The maximum Gasteiger partial charge on any atom is 0.255 e. The first-order chi connectivity index (χ1) is 21.7. The van der Waals surface area contributed by atoms with Crippen LogP contribution < -0.4 is 10.2 Å². The highest BCUT2D eigenvalue weighted by Crippen LogP contribution is 2.39. The van der Waals surface area contributed by atoms with E-state index < -0.39 is 29.8 Å². The van der Waals surface area contributed by atoms with Crippen molar-refractivity contribution < 1.29 is 18.4 Å². The number of carbonyl (C=O) groups excluding carboxylic acids is 2. The molecule has 45 heavy (non-hydrogen) atoms. The average Bonchev–Trinajstić information content (AvgIpc) is 3.80. The molecule has 0 bridgehead atoms. The van der Waals surface area contributed by atoms with Gasteiger partial charge in [0.15, 0.2) is 11.2 Å². The van der Waals surface area contributed by atoms with Crippen molar-refractivity contribution in [3.63, 3.8) is 0 Å². The molecule has 7 rings (SSSR count). The standard InChI is InChI=1S/C32H32ClF2N7O2S/c1-3-39-7-8-40(14-18(39)2)26-5-4-19(11-24(26)33)20-10-22-23(25(35)12-20)16-42(31(22)44)29(30(43)38-32-36-6-9-45-32)28-27-13-21(34)15-41(27)17-37-28/h4-6,9-12,17-18,21,29H,3,7-8,13-16H2,1-2H3,(H,36,38,43)/t18-,21-,29?/m1/s1. The largest absolute Gasteiger partial charge is 0.367 e. The Balaban J connectivity index is 1.19. The number of imidazole rings is 1. The minimum Gasteiger partial charge on any atom is -0.367 e. The van der Waals surface area contributed by atoms with Crippen molar-refractivity contribution in [1.82, 2.24) is 24.3 Å². The maximum absolute atomic E-state index is 15.7.